The van der Waals surface area contributed by atoms with E-state index in [1.54, 1.807) is 12.1 Å². The van der Waals surface area contributed by atoms with Gasteiger partial charge in [-0.15, -0.1) is 11.6 Å². The summed E-state index contributed by atoms with van der Waals surface area (Å²) in [6.07, 6.45) is 0. The zero-order chi connectivity index (χ0) is 15.2. The molecule has 0 saturated carbocycles. The van der Waals surface area contributed by atoms with Crippen molar-refractivity contribution in [3.05, 3.63) is 64.5 Å². The highest BCUT2D eigenvalue weighted by atomic mass is 35.5. The summed E-state index contributed by atoms with van der Waals surface area (Å²) in [4.78, 5) is 0. The van der Waals surface area contributed by atoms with Gasteiger partial charge in [-0.1, -0.05) is 35.6 Å². The number of alkyl halides is 1. The van der Waals surface area contributed by atoms with Gasteiger partial charge < -0.3 is 4.74 Å². The highest BCUT2D eigenvalue weighted by molar-refractivity contribution is 6.19. The molecule has 0 amide bonds. The summed E-state index contributed by atoms with van der Waals surface area (Å²) in [7, 11) is 0. The van der Waals surface area contributed by atoms with Gasteiger partial charge >= 0.3 is 0 Å². The first-order valence-corrected chi connectivity index (χ1v) is 7.17. The fourth-order valence-corrected chi connectivity index (χ4v) is 2.00. The van der Waals surface area contributed by atoms with Crippen molar-refractivity contribution in [3.8, 4) is 17.6 Å². The van der Waals surface area contributed by atoms with E-state index in [0.717, 1.165) is 11.1 Å². The normalized spacial score (nSPS) is 9.90. The van der Waals surface area contributed by atoms with Crippen molar-refractivity contribution < 1.29 is 9.13 Å². The molecular weight excluding hydrogens is 287 g/mol. The van der Waals surface area contributed by atoms with Crippen LogP contribution in [0.2, 0.25) is 0 Å². The molecule has 2 aromatic rings. The van der Waals surface area contributed by atoms with Crippen LogP contribution in [0.5, 0.6) is 5.75 Å². The van der Waals surface area contributed by atoms with Gasteiger partial charge in [-0.05, 0) is 37.1 Å². The highest BCUT2D eigenvalue weighted by Crippen LogP contribution is 2.19. The topological polar surface area (TPSA) is 9.23 Å². The quantitative estimate of drug-likeness (QED) is 0.594. The number of rotatable bonds is 3. The molecule has 0 aliphatic heterocycles. The predicted molar refractivity (Wildman–Crippen MR) is 84.2 cm³/mol. The Morgan fingerprint density at radius 3 is 2.67 bits per heavy atom. The van der Waals surface area contributed by atoms with Crippen molar-refractivity contribution in [2.45, 2.75) is 20.5 Å². The number of hydrogen-bond acceptors (Lipinski definition) is 1. The zero-order valence-corrected chi connectivity index (χ0v) is 12.8. The lowest BCUT2D eigenvalue weighted by atomic mass is 10.1. The smallest absolute Gasteiger partial charge is 0.142 e. The third kappa shape index (κ3) is 4.24. The van der Waals surface area contributed by atoms with Crippen molar-refractivity contribution in [1.29, 1.82) is 0 Å². The molecule has 0 fully saturated rings. The Kier molecular flexibility index (Phi) is 5.25. The van der Waals surface area contributed by atoms with E-state index in [1.165, 1.54) is 11.6 Å². The molecule has 0 aliphatic carbocycles. The number of aryl methyl sites for hydroxylation is 2. The van der Waals surface area contributed by atoms with Gasteiger partial charge in [0.1, 0.15) is 18.2 Å². The molecule has 0 spiro atoms. The average molecular weight is 303 g/mol. The van der Waals surface area contributed by atoms with Gasteiger partial charge in [0.15, 0.2) is 0 Å². The summed E-state index contributed by atoms with van der Waals surface area (Å²) in [5, 5.41) is 0. The van der Waals surface area contributed by atoms with Gasteiger partial charge in [0.2, 0.25) is 0 Å². The van der Waals surface area contributed by atoms with Crippen molar-refractivity contribution in [2.75, 3.05) is 5.88 Å². The van der Waals surface area contributed by atoms with E-state index in [9.17, 15) is 4.39 Å². The highest BCUT2D eigenvalue weighted by Gasteiger charge is 2.04. The van der Waals surface area contributed by atoms with E-state index < -0.39 is 5.82 Å². The summed E-state index contributed by atoms with van der Waals surface area (Å²) in [5.74, 6) is 5.58. The Morgan fingerprint density at radius 2 is 1.95 bits per heavy atom. The zero-order valence-electron chi connectivity index (χ0n) is 12.0. The van der Waals surface area contributed by atoms with Gasteiger partial charge in [-0.2, -0.15) is 0 Å². The first kappa shape index (κ1) is 15.4. The summed E-state index contributed by atoms with van der Waals surface area (Å²) in [6, 6.07) is 10.9. The number of halogens is 2. The first-order valence-electron chi connectivity index (χ1n) is 6.63. The molecule has 0 bridgehead atoms. The third-order valence-corrected chi connectivity index (χ3v) is 3.26. The Bertz CT molecular complexity index is 698. The minimum Gasteiger partial charge on any atom is -0.489 e. The molecule has 2 rings (SSSR count). The minimum atomic E-state index is -0.397. The molecule has 0 N–H and O–H groups in total. The lowest BCUT2D eigenvalue weighted by Crippen LogP contribution is -1.99. The van der Waals surface area contributed by atoms with Crippen LogP contribution in [0.4, 0.5) is 4.39 Å². The van der Waals surface area contributed by atoms with Gasteiger partial charge in [-0.25, -0.2) is 4.39 Å². The van der Waals surface area contributed by atoms with Gasteiger partial charge in [0, 0.05) is 6.07 Å². The summed E-state index contributed by atoms with van der Waals surface area (Å²) >= 11 is 5.46. The molecule has 0 heterocycles. The largest absolute Gasteiger partial charge is 0.489 e. The second-order valence-electron chi connectivity index (χ2n) is 4.80. The number of benzene rings is 2. The van der Waals surface area contributed by atoms with E-state index >= 15 is 0 Å². The van der Waals surface area contributed by atoms with Crippen molar-refractivity contribution in [2.24, 2.45) is 0 Å². The Morgan fingerprint density at radius 1 is 1.14 bits per heavy atom. The van der Waals surface area contributed by atoms with Crippen LogP contribution < -0.4 is 4.74 Å². The Hall–Kier alpha value is -1.98. The Labute approximate surface area is 129 Å². The van der Waals surface area contributed by atoms with Crippen molar-refractivity contribution in [1.82, 2.24) is 0 Å². The molecule has 21 heavy (non-hydrogen) atoms. The molecule has 0 saturated heterocycles. The van der Waals surface area contributed by atoms with E-state index in [1.807, 2.05) is 13.8 Å². The molecule has 1 nitrogen and oxygen atoms in total. The fourth-order valence-electron chi connectivity index (χ4n) is 1.93. The monoisotopic (exact) mass is 302 g/mol. The molecule has 2 aromatic carbocycles. The SMILES string of the molecule is Cc1ccc(C)c(COc2ccc(C#CCCl)c(F)c2)c1. The summed E-state index contributed by atoms with van der Waals surface area (Å²) < 4.78 is 19.5. The molecule has 0 radical (unpaired) electrons. The molecule has 3 heteroatoms. The molecular formula is C18H16ClFO. The maximum absolute atomic E-state index is 13.8. The molecule has 0 atom stereocenters. The van der Waals surface area contributed by atoms with Gasteiger partial charge in [0.05, 0.1) is 11.4 Å². The fraction of sp³-hybridized carbons (Fsp3) is 0.222. The molecule has 0 aromatic heterocycles. The molecule has 108 valence electrons. The molecule has 0 aliphatic rings. The van der Waals surface area contributed by atoms with Crippen LogP contribution in [0.3, 0.4) is 0 Å². The van der Waals surface area contributed by atoms with Gasteiger partial charge in [0.25, 0.3) is 0 Å². The first-order chi connectivity index (χ1) is 10.1. The summed E-state index contributed by atoms with van der Waals surface area (Å²) in [6.45, 7) is 4.48. The maximum atomic E-state index is 13.8. The maximum Gasteiger partial charge on any atom is 0.142 e. The van der Waals surface area contributed by atoms with Crippen LogP contribution in [0.25, 0.3) is 0 Å². The second-order valence-corrected chi connectivity index (χ2v) is 5.06. The van der Waals surface area contributed by atoms with Crippen molar-refractivity contribution >= 4 is 11.6 Å². The second kappa shape index (κ2) is 7.15. The van der Waals surface area contributed by atoms with E-state index in [4.69, 9.17) is 16.3 Å². The lowest BCUT2D eigenvalue weighted by Gasteiger charge is -2.10. The number of ether oxygens (including phenoxy) is 1. The van der Waals surface area contributed by atoms with E-state index in [-0.39, 0.29) is 5.88 Å². The predicted octanol–water partition coefficient (Wildman–Crippen LogP) is 4.61. The van der Waals surface area contributed by atoms with Crippen LogP contribution in [0.1, 0.15) is 22.3 Å². The van der Waals surface area contributed by atoms with Crippen molar-refractivity contribution in [3.63, 3.8) is 0 Å². The van der Waals surface area contributed by atoms with Gasteiger partial charge in [-0.3, -0.25) is 0 Å². The van der Waals surface area contributed by atoms with Crippen LogP contribution >= 0.6 is 11.6 Å². The molecule has 0 unspecified atom stereocenters. The number of hydrogen-bond donors (Lipinski definition) is 0. The Balaban J connectivity index is 2.10. The van der Waals surface area contributed by atoms with Crippen LogP contribution in [0.15, 0.2) is 36.4 Å². The van der Waals surface area contributed by atoms with Crippen LogP contribution in [-0.2, 0) is 6.61 Å². The minimum absolute atomic E-state index is 0.185. The van der Waals surface area contributed by atoms with Crippen LogP contribution in [-0.4, -0.2) is 5.88 Å². The third-order valence-electron chi connectivity index (χ3n) is 3.13. The van der Waals surface area contributed by atoms with Crippen LogP contribution in [0, 0.1) is 31.5 Å². The van der Waals surface area contributed by atoms with E-state index in [2.05, 4.69) is 30.0 Å². The van der Waals surface area contributed by atoms with E-state index in [0.29, 0.717) is 17.9 Å². The average Bonchev–Trinajstić information content (AvgIpc) is 2.47. The standard InChI is InChI=1S/C18H16ClFO/c1-13-5-6-14(2)16(10-13)12-21-17-8-7-15(4-3-9-19)18(20)11-17/h5-8,10-11H,9,12H2,1-2H3. The summed E-state index contributed by atoms with van der Waals surface area (Å²) in [5.41, 5.74) is 3.76. The lowest BCUT2D eigenvalue weighted by molar-refractivity contribution is 0.303.